The summed E-state index contributed by atoms with van der Waals surface area (Å²) in [6, 6.07) is 1.74. The summed E-state index contributed by atoms with van der Waals surface area (Å²) in [4.78, 5) is 6.93. The fourth-order valence-electron chi connectivity index (χ4n) is 2.46. The fourth-order valence-corrected chi connectivity index (χ4v) is 3.11. The first-order valence-corrected chi connectivity index (χ1v) is 7.44. The normalized spacial score (nSPS) is 20.9. The van der Waals surface area contributed by atoms with Crippen LogP contribution in [0.25, 0.3) is 0 Å². The van der Waals surface area contributed by atoms with Crippen molar-refractivity contribution in [3.8, 4) is 0 Å². The Morgan fingerprint density at radius 1 is 1.35 bits per heavy atom. The van der Waals surface area contributed by atoms with Gasteiger partial charge in [0.2, 0.25) is 0 Å². The van der Waals surface area contributed by atoms with E-state index in [0.29, 0.717) is 18.1 Å². The lowest BCUT2D eigenvalue weighted by molar-refractivity contribution is 0.157. The van der Waals surface area contributed by atoms with Gasteiger partial charge in [-0.15, -0.1) is 11.3 Å². The molecule has 2 heterocycles. The van der Waals surface area contributed by atoms with Crippen LogP contribution in [0.5, 0.6) is 0 Å². The van der Waals surface area contributed by atoms with Crippen molar-refractivity contribution >= 4 is 11.3 Å². The SMILES string of the molecule is CC(NC1CCN(C(C)C)CC1)c1nccs1. The molecule has 1 aliphatic rings. The quantitative estimate of drug-likeness (QED) is 0.894. The number of nitrogens with one attached hydrogen (secondary N) is 1. The van der Waals surface area contributed by atoms with Gasteiger partial charge in [-0.05, 0) is 46.7 Å². The van der Waals surface area contributed by atoms with Gasteiger partial charge in [-0.3, -0.25) is 0 Å². The van der Waals surface area contributed by atoms with Crippen molar-refractivity contribution in [2.45, 2.75) is 51.7 Å². The van der Waals surface area contributed by atoms with Gasteiger partial charge in [-0.1, -0.05) is 0 Å². The van der Waals surface area contributed by atoms with Crippen molar-refractivity contribution in [1.29, 1.82) is 0 Å². The molecule has 1 unspecified atom stereocenters. The summed E-state index contributed by atoms with van der Waals surface area (Å²) in [5, 5.41) is 6.96. The molecule has 1 atom stereocenters. The molecule has 1 N–H and O–H groups in total. The van der Waals surface area contributed by atoms with Crippen LogP contribution < -0.4 is 5.32 Å². The van der Waals surface area contributed by atoms with Gasteiger partial charge in [0, 0.05) is 23.7 Å². The van der Waals surface area contributed by atoms with Crippen LogP contribution in [0.4, 0.5) is 0 Å². The Kier molecular flexibility index (Phi) is 4.54. The van der Waals surface area contributed by atoms with Crippen molar-refractivity contribution in [1.82, 2.24) is 15.2 Å². The highest BCUT2D eigenvalue weighted by Crippen LogP contribution is 2.19. The Morgan fingerprint density at radius 3 is 2.59 bits per heavy atom. The molecule has 0 aliphatic carbocycles. The fraction of sp³-hybridized carbons (Fsp3) is 0.769. The Balaban J connectivity index is 1.78. The lowest BCUT2D eigenvalue weighted by atomic mass is 10.0. The van der Waals surface area contributed by atoms with Crippen molar-refractivity contribution < 1.29 is 0 Å². The first-order valence-electron chi connectivity index (χ1n) is 6.56. The third-order valence-corrected chi connectivity index (χ3v) is 4.53. The molecule has 1 saturated heterocycles. The van der Waals surface area contributed by atoms with E-state index in [1.54, 1.807) is 11.3 Å². The molecule has 0 spiro atoms. The zero-order valence-corrected chi connectivity index (χ0v) is 11.8. The number of aromatic nitrogens is 1. The van der Waals surface area contributed by atoms with Crippen molar-refractivity contribution in [3.05, 3.63) is 16.6 Å². The molecule has 1 aliphatic heterocycles. The largest absolute Gasteiger partial charge is 0.305 e. The molecule has 1 fully saturated rings. The van der Waals surface area contributed by atoms with Gasteiger partial charge in [0.15, 0.2) is 0 Å². The summed E-state index contributed by atoms with van der Waals surface area (Å²) in [7, 11) is 0. The second kappa shape index (κ2) is 5.94. The van der Waals surface area contributed by atoms with Crippen molar-refractivity contribution in [3.63, 3.8) is 0 Å². The Hall–Kier alpha value is -0.450. The number of nitrogens with zero attached hydrogens (tertiary/aromatic N) is 2. The molecule has 2 rings (SSSR count). The van der Waals surface area contributed by atoms with Crippen LogP contribution in [0.3, 0.4) is 0 Å². The predicted octanol–water partition coefficient (Wildman–Crippen LogP) is 2.67. The smallest absolute Gasteiger partial charge is 0.109 e. The Bertz CT molecular complexity index is 315. The third-order valence-electron chi connectivity index (χ3n) is 3.57. The summed E-state index contributed by atoms with van der Waals surface area (Å²) in [5.41, 5.74) is 0. The molecular weight excluding hydrogens is 230 g/mol. The minimum Gasteiger partial charge on any atom is -0.305 e. The molecule has 4 heteroatoms. The van der Waals surface area contributed by atoms with Crippen LogP contribution in [0.2, 0.25) is 0 Å². The zero-order valence-electron chi connectivity index (χ0n) is 11.0. The van der Waals surface area contributed by atoms with E-state index >= 15 is 0 Å². The molecule has 96 valence electrons. The number of hydrogen-bond donors (Lipinski definition) is 1. The molecule has 0 bridgehead atoms. The Morgan fingerprint density at radius 2 is 2.06 bits per heavy atom. The maximum Gasteiger partial charge on any atom is 0.109 e. The molecule has 3 nitrogen and oxygen atoms in total. The number of likely N-dealkylation sites (tertiary alicyclic amines) is 1. The summed E-state index contributed by atoms with van der Waals surface area (Å²) in [6.45, 7) is 9.23. The molecule has 17 heavy (non-hydrogen) atoms. The monoisotopic (exact) mass is 253 g/mol. The second-order valence-electron chi connectivity index (χ2n) is 5.16. The standard InChI is InChI=1S/C13H23N3S/c1-10(2)16-7-4-12(5-8-16)15-11(3)13-14-6-9-17-13/h6,9-12,15H,4-5,7-8H2,1-3H3. The van der Waals surface area contributed by atoms with E-state index < -0.39 is 0 Å². The molecule has 0 amide bonds. The highest BCUT2D eigenvalue weighted by molar-refractivity contribution is 7.09. The molecule has 0 saturated carbocycles. The maximum atomic E-state index is 4.37. The van der Waals surface area contributed by atoms with Gasteiger partial charge in [0.1, 0.15) is 5.01 Å². The summed E-state index contributed by atoms with van der Waals surface area (Å²) >= 11 is 1.74. The van der Waals surface area contributed by atoms with Crippen molar-refractivity contribution in [2.24, 2.45) is 0 Å². The second-order valence-corrected chi connectivity index (χ2v) is 6.09. The van der Waals surface area contributed by atoms with E-state index in [9.17, 15) is 0 Å². The average Bonchev–Trinajstić information content (AvgIpc) is 2.83. The van der Waals surface area contributed by atoms with Gasteiger partial charge in [0.05, 0.1) is 6.04 Å². The van der Waals surface area contributed by atoms with Crippen molar-refractivity contribution in [2.75, 3.05) is 13.1 Å². The van der Waals surface area contributed by atoms with Crippen LogP contribution in [0, 0.1) is 0 Å². The van der Waals surface area contributed by atoms with Crippen LogP contribution in [0.1, 0.15) is 44.7 Å². The topological polar surface area (TPSA) is 28.2 Å². The van der Waals surface area contributed by atoms with E-state index in [1.807, 2.05) is 6.20 Å². The predicted molar refractivity (Wildman–Crippen MR) is 73.4 cm³/mol. The van der Waals surface area contributed by atoms with Gasteiger partial charge >= 0.3 is 0 Å². The molecule has 1 aromatic rings. The van der Waals surface area contributed by atoms with Crippen LogP contribution in [-0.4, -0.2) is 35.1 Å². The summed E-state index contributed by atoms with van der Waals surface area (Å²) in [5.74, 6) is 0. The molecular formula is C13H23N3S. The third kappa shape index (κ3) is 3.50. The molecule has 0 aromatic carbocycles. The highest BCUT2D eigenvalue weighted by atomic mass is 32.1. The number of hydrogen-bond acceptors (Lipinski definition) is 4. The first-order chi connectivity index (χ1) is 8.16. The van der Waals surface area contributed by atoms with Gasteiger partial charge in [-0.25, -0.2) is 4.98 Å². The lowest BCUT2D eigenvalue weighted by Gasteiger charge is -2.35. The van der Waals surface area contributed by atoms with Crippen LogP contribution in [-0.2, 0) is 0 Å². The minimum atomic E-state index is 0.394. The maximum absolute atomic E-state index is 4.37. The lowest BCUT2D eigenvalue weighted by Crippen LogP contribution is -2.45. The average molecular weight is 253 g/mol. The van der Waals surface area contributed by atoms with Crippen LogP contribution in [0.15, 0.2) is 11.6 Å². The highest BCUT2D eigenvalue weighted by Gasteiger charge is 2.22. The summed E-state index contributed by atoms with van der Waals surface area (Å²) < 4.78 is 0. The first kappa shape index (κ1) is 13.0. The zero-order chi connectivity index (χ0) is 12.3. The summed E-state index contributed by atoms with van der Waals surface area (Å²) in [6.07, 6.45) is 4.40. The van der Waals surface area contributed by atoms with Gasteiger partial charge < -0.3 is 10.2 Å². The van der Waals surface area contributed by atoms with E-state index in [4.69, 9.17) is 0 Å². The van der Waals surface area contributed by atoms with Gasteiger partial charge in [-0.2, -0.15) is 0 Å². The van der Waals surface area contributed by atoms with E-state index in [0.717, 1.165) is 0 Å². The van der Waals surface area contributed by atoms with E-state index in [2.05, 4.69) is 41.4 Å². The van der Waals surface area contributed by atoms with E-state index in [1.165, 1.54) is 30.9 Å². The minimum absolute atomic E-state index is 0.394. The molecule has 1 aromatic heterocycles. The van der Waals surface area contributed by atoms with Gasteiger partial charge in [0.25, 0.3) is 0 Å². The Labute approximate surface area is 108 Å². The number of thiazole rings is 1. The van der Waals surface area contributed by atoms with Crippen LogP contribution >= 0.6 is 11.3 Å². The number of piperidine rings is 1. The number of rotatable bonds is 4. The molecule has 0 radical (unpaired) electrons. The van der Waals surface area contributed by atoms with E-state index in [-0.39, 0.29) is 0 Å².